The maximum absolute atomic E-state index is 9.84. The normalized spacial score (nSPS) is 15.9. The Balaban J connectivity index is 1.97. The van der Waals surface area contributed by atoms with Crippen LogP contribution in [0.25, 0.3) is 5.57 Å². The number of aryl methyl sites for hydroxylation is 2. The van der Waals surface area contributed by atoms with Gasteiger partial charge in [0, 0.05) is 17.0 Å². The molecule has 4 rings (SSSR count). The first-order valence-electron chi connectivity index (χ1n) is 9.36. The molecule has 27 heavy (non-hydrogen) atoms. The van der Waals surface area contributed by atoms with Gasteiger partial charge in [0.05, 0.1) is 0 Å². The first-order chi connectivity index (χ1) is 13.1. The monoisotopic (exact) mass is 418 g/mol. The summed E-state index contributed by atoms with van der Waals surface area (Å²) in [5.41, 5.74) is 10.3. The fraction of sp³-hybridized carbons (Fsp3) is 0.200. The van der Waals surface area contributed by atoms with Crippen molar-refractivity contribution >= 4 is 21.5 Å². The minimum Gasteiger partial charge on any atom is -0.396 e. The molecule has 136 valence electrons. The molecule has 1 aliphatic carbocycles. The third kappa shape index (κ3) is 3.40. The molecule has 0 fully saturated rings. The lowest BCUT2D eigenvalue weighted by atomic mass is 9.86. The lowest BCUT2D eigenvalue weighted by Crippen LogP contribution is -2.03. The van der Waals surface area contributed by atoms with Crippen LogP contribution in [0.4, 0.5) is 0 Å². The van der Waals surface area contributed by atoms with Crippen LogP contribution in [0, 0.1) is 13.8 Å². The van der Waals surface area contributed by atoms with Gasteiger partial charge in [-0.05, 0) is 65.8 Å². The fourth-order valence-corrected chi connectivity index (χ4v) is 4.40. The van der Waals surface area contributed by atoms with Gasteiger partial charge in [-0.1, -0.05) is 81.7 Å². The Bertz CT molecular complexity index is 997. The SMILES string of the molecule is Cc1ccc(C2=C(CCO)C(c3ccc(Br)cc3)c3cc(C)ccc32)cc1. The second-order valence-corrected chi connectivity index (χ2v) is 8.23. The summed E-state index contributed by atoms with van der Waals surface area (Å²) >= 11 is 3.55. The molecule has 0 amide bonds. The lowest BCUT2D eigenvalue weighted by molar-refractivity contribution is 0.298. The van der Waals surface area contributed by atoms with Crippen molar-refractivity contribution < 1.29 is 5.11 Å². The predicted octanol–water partition coefficient (Wildman–Crippen LogP) is 6.40. The summed E-state index contributed by atoms with van der Waals surface area (Å²) in [5.74, 6) is 0.191. The highest BCUT2D eigenvalue weighted by Gasteiger charge is 2.32. The average molecular weight is 419 g/mol. The minimum absolute atomic E-state index is 0.157. The second-order valence-electron chi connectivity index (χ2n) is 7.32. The van der Waals surface area contributed by atoms with Crippen molar-refractivity contribution in [1.82, 2.24) is 0 Å². The summed E-state index contributed by atoms with van der Waals surface area (Å²) in [4.78, 5) is 0. The number of aliphatic hydroxyl groups excluding tert-OH is 1. The van der Waals surface area contributed by atoms with Gasteiger partial charge >= 0.3 is 0 Å². The number of aliphatic hydroxyl groups is 1. The molecule has 3 aromatic rings. The van der Waals surface area contributed by atoms with Gasteiger partial charge in [-0.25, -0.2) is 0 Å². The molecule has 0 saturated carbocycles. The van der Waals surface area contributed by atoms with E-state index in [4.69, 9.17) is 0 Å². The minimum atomic E-state index is 0.157. The Hall–Kier alpha value is -2.16. The summed E-state index contributed by atoms with van der Waals surface area (Å²) < 4.78 is 1.08. The summed E-state index contributed by atoms with van der Waals surface area (Å²) in [7, 11) is 0. The van der Waals surface area contributed by atoms with E-state index in [0.717, 1.165) is 4.47 Å². The van der Waals surface area contributed by atoms with Gasteiger partial charge in [0.2, 0.25) is 0 Å². The molecule has 2 heteroatoms. The van der Waals surface area contributed by atoms with Crippen LogP contribution in [0.15, 0.2) is 76.8 Å². The zero-order valence-corrected chi connectivity index (χ0v) is 17.3. The van der Waals surface area contributed by atoms with Crippen molar-refractivity contribution in [2.75, 3.05) is 6.61 Å². The van der Waals surface area contributed by atoms with E-state index in [9.17, 15) is 5.11 Å². The lowest BCUT2D eigenvalue weighted by Gasteiger charge is -2.18. The Morgan fingerprint density at radius 3 is 2.19 bits per heavy atom. The molecular formula is C25H23BrO. The summed E-state index contributed by atoms with van der Waals surface area (Å²) in [6, 6.07) is 24.1. The van der Waals surface area contributed by atoms with Crippen LogP contribution in [0.5, 0.6) is 0 Å². The maximum atomic E-state index is 9.84. The summed E-state index contributed by atoms with van der Waals surface area (Å²) in [6.07, 6.45) is 0.678. The third-order valence-corrected chi connectivity index (χ3v) is 5.91. The molecule has 0 heterocycles. The Morgan fingerprint density at radius 1 is 0.852 bits per heavy atom. The van der Waals surface area contributed by atoms with Gasteiger partial charge in [0.1, 0.15) is 0 Å². The largest absolute Gasteiger partial charge is 0.396 e. The molecule has 0 aromatic heterocycles. The van der Waals surface area contributed by atoms with Crippen molar-refractivity contribution in [3.63, 3.8) is 0 Å². The molecule has 1 N–H and O–H groups in total. The van der Waals surface area contributed by atoms with E-state index in [1.165, 1.54) is 44.5 Å². The van der Waals surface area contributed by atoms with E-state index in [1.807, 2.05) is 0 Å². The molecule has 1 atom stereocenters. The molecule has 1 aliphatic rings. The van der Waals surface area contributed by atoms with E-state index < -0.39 is 0 Å². The number of hydrogen-bond donors (Lipinski definition) is 1. The van der Waals surface area contributed by atoms with Gasteiger partial charge in [-0.2, -0.15) is 0 Å². The van der Waals surface area contributed by atoms with E-state index >= 15 is 0 Å². The zero-order chi connectivity index (χ0) is 19.0. The number of hydrogen-bond acceptors (Lipinski definition) is 1. The number of rotatable bonds is 4. The first-order valence-corrected chi connectivity index (χ1v) is 10.1. The molecule has 3 aromatic carbocycles. The van der Waals surface area contributed by atoms with Gasteiger partial charge in [-0.15, -0.1) is 0 Å². The van der Waals surface area contributed by atoms with Crippen LogP contribution in [-0.4, -0.2) is 11.7 Å². The van der Waals surface area contributed by atoms with Crippen LogP contribution < -0.4 is 0 Å². The molecule has 0 bridgehead atoms. The Kier molecular flexibility index (Phi) is 5.03. The van der Waals surface area contributed by atoms with Crippen molar-refractivity contribution in [3.8, 4) is 0 Å². The molecule has 0 aliphatic heterocycles. The topological polar surface area (TPSA) is 20.2 Å². The Morgan fingerprint density at radius 2 is 1.52 bits per heavy atom. The van der Waals surface area contributed by atoms with Gasteiger partial charge in [0.25, 0.3) is 0 Å². The van der Waals surface area contributed by atoms with Crippen LogP contribution in [0.1, 0.15) is 45.7 Å². The number of fused-ring (bicyclic) bond motifs is 1. The van der Waals surface area contributed by atoms with Crippen molar-refractivity contribution in [2.45, 2.75) is 26.2 Å². The smallest absolute Gasteiger partial charge is 0.0468 e. The van der Waals surface area contributed by atoms with Crippen LogP contribution in [0.2, 0.25) is 0 Å². The van der Waals surface area contributed by atoms with Crippen LogP contribution in [-0.2, 0) is 0 Å². The highest BCUT2D eigenvalue weighted by atomic mass is 79.9. The molecule has 0 spiro atoms. The van der Waals surface area contributed by atoms with Crippen LogP contribution in [0.3, 0.4) is 0 Å². The quantitative estimate of drug-likeness (QED) is 0.519. The van der Waals surface area contributed by atoms with E-state index in [0.29, 0.717) is 6.42 Å². The van der Waals surface area contributed by atoms with Crippen molar-refractivity contribution in [1.29, 1.82) is 0 Å². The van der Waals surface area contributed by atoms with Gasteiger partial charge in [0.15, 0.2) is 0 Å². The Labute approximate surface area is 169 Å². The van der Waals surface area contributed by atoms with E-state index in [1.54, 1.807) is 0 Å². The third-order valence-electron chi connectivity index (χ3n) is 5.38. The summed E-state index contributed by atoms with van der Waals surface area (Å²) in [5, 5.41) is 9.84. The molecule has 1 nitrogen and oxygen atoms in total. The maximum Gasteiger partial charge on any atom is 0.0468 e. The van der Waals surface area contributed by atoms with Gasteiger partial charge < -0.3 is 5.11 Å². The van der Waals surface area contributed by atoms with E-state index in [2.05, 4.69) is 96.5 Å². The summed E-state index contributed by atoms with van der Waals surface area (Å²) in [6.45, 7) is 4.42. The molecule has 1 unspecified atom stereocenters. The number of benzene rings is 3. The van der Waals surface area contributed by atoms with Crippen molar-refractivity contribution in [3.05, 3.63) is 110 Å². The fourth-order valence-electron chi connectivity index (χ4n) is 4.14. The molecular weight excluding hydrogens is 396 g/mol. The predicted molar refractivity (Wildman–Crippen MR) is 116 cm³/mol. The standard InChI is InChI=1S/C25H23BrO/c1-16-3-6-18(7-4-16)24-21-12-5-17(2)15-23(21)25(22(24)13-14-27)19-8-10-20(26)11-9-19/h3-12,15,25,27H,13-14H2,1-2H3. The highest BCUT2D eigenvalue weighted by Crippen LogP contribution is 2.49. The van der Waals surface area contributed by atoms with Gasteiger partial charge in [-0.3, -0.25) is 0 Å². The van der Waals surface area contributed by atoms with Crippen LogP contribution >= 0.6 is 15.9 Å². The van der Waals surface area contributed by atoms with Crippen molar-refractivity contribution in [2.24, 2.45) is 0 Å². The van der Waals surface area contributed by atoms with E-state index in [-0.39, 0.29) is 12.5 Å². The second kappa shape index (κ2) is 7.46. The number of halogens is 1. The molecule has 0 saturated heterocycles. The average Bonchev–Trinajstić information content (AvgIpc) is 2.97. The first kappa shape index (κ1) is 18.2. The molecule has 0 radical (unpaired) electrons. The highest BCUT2D eigenvalue weighted by molar-refractivity contribution is 9.10. The zero-order valence-electron chi connectivity index (χ0n) is 15.7.